The molecule has 0 heterocycles. The Morgan fingerprint density at radius 1 is 1.33 bits per heavy atom. The van der Waals surface area contributed by atoms with Gasteiger partial charge in [0.05, 0.1) is 4.90 Å². The van der Waals surface area contributed by atoms with Crippen molar-refractivity contribution in [2.24, 2.45) is 0 Å². The Kier molecular flexibility index (Phi) is 6.73. The summed E-state index contributed by atoms with van der Waals surface area (Å²) in [7, 11) is -3.33. The number of aryl methyl sites for hydroxylation is 1. The third kappa shape index (κ3) is 4.28. The Morgan fingerprint density at radius 3 is 2.44 bits per heavy atom. The van der Waals surface area contributed by atoms with Crippen molar-refractivity contribution in [2.45, 2.75) is 24.7 Å². The Morgan fingerprint density at radius 2 is 1.94 bits per heavy atom. The summed E-state index contributed by atoms with van der Waals surface area (Å²) in [5.74, 6) is 0. The smallest absolute Gasteiger partial charge is 0.212 e. The zero-order valence-corrected chi connectivity index (χ0v) is 14.3. The van der Waals surface area contributed by atoms with E-state index in [-0.39, 0.29) is 0 Å². The number of rotatable bonds is 6. The number of thioether (sulfide) groups is 1. The molecule has 0 fully saturated rings. The average Bonchev–Trinajstić information content (AvgIpc) is 2.35. The number of halogens is 1. The van der Waals surface area contributed by atoms with Gasteiger partial charge in [0.25, 0.3) is 0 Å². The predicted octanol–water partition coefficient (Wildman–Crippen LogP) is 4.19. The van der Waals surface area contributed by atoms with Gasteiger partial charge in [-0.15, -0.1) is 11.8 Å². The van der Waals surface area contributed by atoms with Crippen LogP contribution in [-0.2, 0) is 9.84 Å². The van der Waals surface area contributed by atoms with Gasteiger partial charge in [-0.2, -0.15) is 0 Å². The standard InChI is InChI=1S/C13H17IO2S2/c1-11-6-8-12(9-7-11)18(15,16)13(17-2)5-3-4-10-14/h5-9H,3-4,10H2,1-2H3/b13-5+. The van der Waals surface area contributed by atoms with Crippen LogP contribution in [0.25, 0.3) is 0 Å². The molecule has 0 spiro atoms. The predicted molar refractivity (Wildman–Crippen MR) is 88.1 cm³/mol. The number of alkyl halides is 1. The molecule has 0 radical (unpaired) electrons. The third-order valence-corrected chi connectivity index (χ3v) is 6.53. The fourth-order valence-corrected chi connectivity index (χ4v) is 4.39. The lowest BCUT2D eigenvalue weighted by atomic mass is 10.2. The van der Waals surface area contributed by atoms with Gasteiger partial charge in [-0.1, -0.05) is 46.4 Å². The molecular formula is C13H17IO2S2. The molecule has 0 aliphatic heterocycles. The summed E-state index contributed by atoms with van der Waals surface area (Å²) in [5, 5.41) is 0. The zero-order chi connectivity index (χ0) is 13.6. The van der Waals surface area contributed by atoms with Crippen LogP contribution in [0, 0.1) is 6.92 Å². The van der Waals surface area contributed by atoms with Crippen molar-refractivity contribution in [3.63, 3.8) is 0 Å². The number of hydrogen-bond donors (Lipinski definition) is 0. The van der Waals surface area contributed by atoms with Gasteiger partial charge in [-0.25, -0.2) is 8.42 Å². The van der Waals surface area contributed by atoms with E-state index < -0.39 is 9.84 Å². The molecule has 0 atom stereocenters. The van der Waals surface area contributed by atoms with Gasteiger partial charge in [0.1, 0.15) is 4.24 Å². The van der Waals surface area contributed by atoms with Crippen LogP contribution in [0.15, 0.2) is 39.5 Å². The lowest BCUT2D eigenvalue weighted by molar-refractivity contribution is 0.604. The van der Waals surface area contributed by atoms with Crippen molar-refractivity contribution in [3.8, 4) is 0 Å². The SMILES string of the molecule is CS/C(=C\CCCI)S(=O)(=O)c1ccc(C)cc1. The highest BCUT2D eigenvalue weighted by molar-refractivity contribution is 14.1. The summed E-state index contributed by atoms with van der Waals surface area (Å²) in [4.78, 5) is 0.378. The zero-order valence-electron chi connectivity index (χ0n) is 10.5. The maximum Gasteiger partial charge on any atom is 0.212 e. The maximum absolute atomic E-state index is 12.4. The van der Waals surface area contributed by atoms with Crippen LogP contribution in [0.3, 0.4) is 0 Å². The molecule has 0 aliphatic carbocycles. The van der Waals surface area contributed by atoms with Crippen molar-refractivity contribution in [2.75, 3.05) is 10.7 Å². The Labute approximate surface area is 127 Å². The molecule has 2 nitrogen and oxygen atoms in total. The van der Waals surface area contributed by atoms with Gasteiger partial charge in [0, 0.05) is 0 Å². The van der Waals surface area contributed by atoms with Crippen LogP contribution in [0.1, 0.15) is 18.4 Å². The average molecular weight is 396 g/mol. The first-order valence-electron chi connectivity index (χ1n) is 5.64. The van der Waals surface area contributed by atoms with E-state index in [1.165, 1.54) is 11.8 Å². The van der Waals surface area contributed by atoms with Gasteiger partial charge in [-0.05, 0) is 42.6 Å². The van der Waals surface area contributed by atoms with E-state index >= 15 is 0 Å². The lowest BCUT2D eigenvalue weighted by Crippen LogP contribution is -2.02. The van der Waals surface area contributed by atoms with E-state index in [2.05, 4.69) is 22.6 Å². The maximum atomic E-state index is 12.4. The van der Waals surface area contributed by atoms with Crippen LogP contribution < -0.4 is 0 Å². The second-order valence-corrected chi connectivity index (χ2v) is 7.98. The summed E-state index contributed by atoms with van der Waals surface area (Å²) in [6.45, 7) is 1.95. The van der Waals surface area contributed by atoms with Crippen molar-refractivity contribution in [1.82, 2.24) is 0 Å². The summed E-state index contributed by atoms with van der Waals surface area (Å²) < 4.78 is 26.3. The molecule has 0 unspecified atom stereocenters. The summed E-state index contributed by atoms with van der Waals surface area (Å²) in [5.41, 5.74) is 1.06. The van der Waals surface area contributed by atoms with Crippen LogP contribution in [0.4, 0.5) is 0 Å². The Hall–Kier alpha value is -0.0100. The number of benzene rings is 1. The van der Waals surface area contributed by atoms with Crippen LogP contribution in [0.2, 0.25) is 0 Å². The molecule has 0 aromatic heterocycles. The molecule has 1 aromatic carbocycles. The lowest BCUT2D eigenvalue weighted by Gasteiger charge is -2.07. The van der Waals surface area contributed by atoms with E-state index in [4.69, 9.17) is 0 Å². The van der Waals surface area contributed by atoms with Gasteiger partial charge < -0.3 is 0 Å². The molecule has 0 saturated heterocycles. The molecule has 0 amide bonds. The van der Waals surface area contributed by atoms with Crippen LogP contribution in [0.5, 0.6) is 0 Å². The number of allylic oxidation sites excluding steroid dienone is 1. The number of unbranched alkanes of at least 4 members (excludes halogenated alkanes) is 1. The molecule has 5 heteroatoms. The molecule has 0 aliphatic rings. The first-order chi connectivity index (χ1) is 8.52. The minimum Gasteiger partial charge on any atom is -0.218 e. The first-order valence-corrected chi connectivity index (χ1v) is 9.87. The fraction of sp³-hybridized carbons (Fsp3) is 0.385. The minimum absolute atomic E-state index is 0.378. The van der Waals surface area contributed by atoms with E-state index in [9.17, 15) is 8.42 Å². The molecule has 18 heavy (non-hydrogen) atoms. The van der Waals surface area contributed by atoms with Gasteiger partial charge >= 0.3 is 0 Å². The van der Waals surface area contributed by atoms with E-state index in [0.29, 0.717) is 9.13 Å². The van der Waals surface area contributed by atoms with Crippen molar-refractivity contribution in [1.29, 1.82) is 0 Å². The van der Waals surface area contributed by atoms with Crippen LogP contribution in [-0.4, -0.2) is 19.1 Å². The molecule has 0 N–H and O–H groups in total. The highest BCUT2D eigenvalue weighted by Crippen LogP contribution is 2.27. The Balaban J connectivity index is 3.03. The number of sulfone groups is 1. The summed E-state index contributed by atoms with van der Waals surface area (Å²) in [6, 6.07) is 7.01. The molecule has 0 saturated carbocycles. The second kappa shape index (κ2) is 7.55. The molecule has 1 rings (SSSR count). The minimum atomic E-state index is -3.33. The van der Waals surface area contributed by atoms with Gasteiger partial charge in [0.2, 0.25) is 9.84 Å². The highest BCUT2D eigenvalue weighted by Gasteiger charge is 2.19. The third-order valence-electron chi connectivity index (χ3n) is 2.45. The molecule has 100 valence electrons. The summed E-state index contributed by atoms with van der Waals surface area (Å²) in [6.07, 6.45) is 5.46. The van der Waals surface area contributed by atoms with Crippen molar-refractivity contribution >= 4 is 44.2 Å². The monoisotopic (exact) mass is 396 g/mol. The molecule has 0 bridgehead atoms. The van der Waals surface area contributed by atoms with Crippen molar-refractivity contribution < 1.29 is 8.42 Å². The molecular weight excluding hydrogens is 379 g/mol. The van der Waals surface area contributed by atoms with E-state index in [1.807, 2.05) is 31.4 Å². The summed E-state index contributed by atoms with van der Waals surface area (Å²) >= 11 is 3.59. The fourth-order valence-electron chi connectivity index (χ4n) is 1.43. The largest absolute Gasteiger partial charge is 0.218 e. The van der Waals surface area contributed by atoms with Gasteiger partial charge in [0.15, 0.2) is 0 Å². The van der Waals surface area contributed by atoms with Crippen LogP contribution >= 0.6 is 34.4 Å². The highest BCUT2D eigenvalue weighted by atomic mass is 127. The second-order valence-electron chi connectivity index (χ2n) is 3.87. The quantitative estimate of drug-likeness (QED) is 0.411. The van der Waals surface area contributed by atoms with E-state index in [0.717, 1.165) is 22.8 Å². The van der Waals surface area contributed by atoms with E-state index in [1.54, 1.807) is 12.1 Å². The number of hydrogen-bond acceptors (Lipinski definition) is 3. The normalized spacial score (nSPS) is 12.7. The Bertz CT molecular complexity index is 504. The van der Waals surface area contributed by atoms with Gasteiger partial charge in [-0.3, -0.25) is 0 Å². The molecule has 1 aromatic rings. The first kappa shape index (κ1) is 16.0. The topological polar surface area (TPSA) is 34.1 Å². The van der Waals surface area contributed by atoms with Crippen molar-refractivity contribution in [3.05, 3.63) is 40.1 Å².